The van der Waals surface area contributed by atoms with Crippen LogP contribution in [-0.2, 0) is 4.74 Å². The first-order valence-corrected chi connectivity index (χ1v) is 7.97. The van der Waals surface area contributed by atoms with Crippen molar-refractivity contribution in [1.82, 2.24) is 0 Å². The van der Waals surface area contributed by atoms with E-state index in [0.717, 1.165) is 28.7 Å². The SMILES string of the molecule is CCOC1(C(N)c2sccc2Cl)CCC(C)CC1. The maximum Gasteiger partial charge on any atom is 0.0882 e. The van der Waals surface area contributed by atoms with Crippen molar-refractivity contribution in [3.8, 4) is 0 Å². The highest BCUT2D eigenvalue weighted by molar-refractivity contribution is 7.10. The normalized spacial score (nSPS) is 30.3. The number of hydrogen-bond acceptors (Lipinski definition) is 3. The van der Waals surface area contributed by atoms with Crippen LogP contribution in [0.15, 0.2) is 11.4 Å². The first kappa shape index (κ1) is 14.3. The highest BCUT2D eigenvalue weighted by Crippen LogP contribution is 2.44. The minimum atomic E-state index is -0.213. The van der Waals surface area contributed by atoms with Crippen LogP contribution in [0.1, 0.15) is 50.4 Å². The predicted molar refractivity (Wildman–Crippen MR) is 78.2 cm³/mol. The number of ether oxygens (including phenoxy) is 1. The highest BCUT2D eigenvalue weighted by Gasteiger charge is 2.42. The molecule has 0 radical (unpaired) electrons. The molecule has 0 bridgehead atoms. The lowest BCUT2D eigenvalue weighted by Crippen LogP contribution is -2.46. The van der Waals surface area contributed by atoms with E-state index in [9.17, 15) is 0 Å². The van der Waals surface area contributed by atoms with E-state index in [1.807, 2.05) is 18.4 Å². The Balaban J connectivity index is 2.22. The van der Waals surface area contributed by atoms with Crippen LogP contribution >= 0.6 is 22.9 Å². The van der Waals surface area contributed by atoms with E-state index in [-0.39, 0.29) is 11.6 Å². The molecule has 1 aromatic heterocycles. The third-order valence-electron chi connectivity index (χ3n) is 4.05. The number of thiophene rings is 1. The van der Waals surface area contributed by atoms with Crippen LogP contribution in [-0.4, -0.2) is 12.2 Å². The van der Waals surface area contributed by atoms with Gasteiger partial charge in [0.2, 0.25) is 0 Å². The first-order chi connectivity index (χ1) is 8.59. The van der Waals surface area contributed by atoms with E-state index in [0.29, 0.717) is 6.61 Å². The van der Waals surface area contributed by atoms with Crippen molar-refractivity contribution >= 4 is 22.9 Å². The topological polar surface area (TPSA) is 35.2 Å². The van der Waals surface area contributed by atoms with Crippen molar-refractivity contribution in [2.24, 2.45) is 11.7 Å². The van der Waals surface area contributed by atoms with Gasteiger partial charge < -0.3 is 10.5 Å². The molecular weight excluding hydrogens is 266 g/mol. The van der Waals surface area contributed by atoms with Gasteiger partial charge in [-0.2, -0.15) is 0 Å². The van der Waals surface area contributed by atoms with Gasteiger partial charge in [0.15, 0.2) is 0 Å². The van der Waals surface area contributed by atoms with Crippen LogP contribution in [0, 0.1) is 5.92 Å². The Bertz CT molecular complexity index is 385. The molecule has 102 valence electrons. The number of nitrogens with two attached hydrogens (primary N) is 1. The standard InChI is InChI=1S/C14H22ClNOS/c1-3-17-14(7-4-10(2)5-8-14)13(16)12-11(15)6-9-18-12/h6,9-10,13H,3-5,7-8,16H2,1-2H3. The van der Waals surface area contributed by atoms with Gasteiger partial charge in [-0.15, -0.1) is 11.3 Å². The van der Waals surface area contributed by atoms with Gasteiger partial charge in [0.1, 0.15) is 0 Å². The molecule has 0 aliphatic heterocycles. The molecule has 1 saturated carbocycles. The molecule has 0 aromatic carbocycles. The number of hydrogen-bond donors (Lipinski definition) is 1. The van der Waals surface area contributed by atoms with Gasteiger partial charge in [0, 0.05) is 11.5 Å². The summed E-state index contributed by atoms with van der Waals surface area (Å²) in [5.41, 5.74) is 6.27. The van der Waals surface area contributed by atoms with Crippen LogP contribution in [0.5, 0.6) is 0 Å². The fourth-order valence-electron chi connectivity index (χ4n) is 2.85. The Morgan fingerprint density at radius 1 is 1.56 bits per heavy atom. The summed E-state index contributed by atoms with van der Waals surface area (Å²) < 4.78 is 6.08. The molecule has 0 saturated heterocycles. The highest BCUT2D eigenvalue weighted by atomic mass is 35.5. The van der Waals surface area contributed by atoms with Crippen molar-refractivity contribution in [1.29, 1.82) is 0 Å². The van der Waals surface area contributed by atoms with E-state index < -0.39 is 0 Å². The summed E-state index contributed by atoms with van der Waals surface area (Å²) in [6, 6.07) is 1.82. The molecule has 0 amide bonds. The van der Waals surface area contributed by atoms with E-state index in [2.05, 4.69) is 6.92 Å². The van der Waals surface area contributed by atoms with Gasteiger partial charge >= 0.3 is 0 Å². The van der Waals surface area contributed by atoms with Gasteiger partial charge in [0.05, 0.1) is 16.7 Å². The molecule has 2 N–H and O–H groups in total. The van der Waals surface area contributed by atoms with E-state index in [4.69, 9.17) is 22.1 Å². The largest absolute Gasteiger partial charge is 0.373 e. The second-order valence-electron chi connectivity index (χ2n) is 5.29. The molecule has 2 nitrogen and oxygen atoms in total. The van der Waals surface area contributed by atoms with Crippen LogP contribution < -0.4 is 5.73 Å². The minimum absolute atomic E-state index is 0.0996. The molecule has 1 aliphatic rings. The van der Waals surface area contributed by atoms with Crippen molar-refractivity contribution in [3.63, 3.8) is 0 Å². The second kappa shape index (κ2) is 5.91. The smallest absolute Gasteiger partial charge is 0.0882 e. The van der Waals surface area contributed by atoms with Crippen molar-refractivity contribution < 1.29 is 4.74 Å². The van der Waals surface area contributed by atoms with Gasteiger partial charge in [-0.1, -0.05) is 18.5 Å². The lowest BCUT2D eigenvalue weighted by molar-refractivity contribution is -0.0890. The second-order valence-corrected chi connectivity index (χ2v) is 6.65. The summed E-state index contributed by atoms with van der Waals surface area (Å²) in [7, 11) is 0. The molecule has 4 heteroatoms. The fraction of sp³-hybridized carbons (Fsp3) is 0.714. The monoisotopic (exact) mass is 287 g/mol. The Kier molecular flexibility index (Phi) is 4.70. The quantitative estimate of drug-likeness (QED) is 0.891. The maximum atomic E-state index is 6.48. The third kappa shape index (κ3) is 2.74. The van der Waals surface area contributed by atoms with Crippen molar-refractivity contribution in [2.45, 2.75) is 51.2 Å². The van der Waals surface area contributed by atoms with E-state index in [1.54, 1.807) is 11.3 Å². The van der Waals surface area contributed by atoms with Crippen LogP contribution in [0.3, 0.4) is 0 Å². The molecule has 1 unspecified atom stereocenters. The lowest BCUT2D eigenvalue weighted by atomic mass is 9.75. The van der Waals surface area contributed by atoms with Gasteiger partial charge in [0.25, 0.3) is 0 Å². The zero-order valence-corrected chi connectivity index (χ0v) is 12.7. The zero-order chi connectivity index (χ0) is 13.2. The molecule has 18 heavy (non-hydrogen) atoms. The van der Waals surface area contributed by atoms with Crippen LogP contribution in [0.2, 0.25) is 5.02 Å². The molecule has 0 spiro atoms. The number of halogens is 1. The van der Waals surface area contributed by atoms with Crippen LogP contribution in [0.4, 0.5) is 0 Å². The van der Waals surface area contributed by atoms with Gasteiger partial charge in [-0.25, -0.2) is 0 Å². The Hall–Kier alpha value is -0.0900. The minimum Gasteiger partial charge on any atom is -0.373 e. The first-order valence-electron chi connectivity index (χ1n) is 6.71. The summed E-state index contributed by atoms with van der Waals surface area (Å²) in [5.74, 6) is 0.782. The molecular formula is C14H22ClNOS. The zero-order valence-electron chi connectivity index (χ0n) is 11.1. The molecule has 1 aliphatic carbocycles. The molecule has 2 rings (SSSR count). The molecule has 1 atom stereocenters. The predicted octanol–water partition coefficient (Wildman–Crippen LogP) is 4.39. The average Bonchev–Trinajstić information content (AvgIpc) is 2.78. The van der Waals surface area contributed by atoms with E-state index >= 15 is 0 Å². The fourth-order valence-corrected chi connectivity index (χ4v) is 4.13. The van der Waals surface area contributed by atoms with Crippen molar-refractivity contribution in [2.75, 3.05) is 6.61 Å². The summed E-state index contributed by atoms with van der Waals surface area (Å²) in [6.45, 7) is 5.06. The maximum absolute atomic E-state index is 6.48. The Morgan fingerprint density at radius 3 is 2.72 bits per heavy atom. The van der Waals surface area contributed by atoms with Gasteiger partial charge in [-0.05, 0) is 50.0 Å². The Labute approximate surface area is 118 Å². The van der Waals surface area contributed by atoms with Gasteiger partial charge in [-0.3, -0.25) is 0 Å². The average molecular weight is 288 g/mol. The Morgan fingerprint density at radius 2 is 2.22 bits per heavy atom. The molecule has 1 aromatic rings. The van der Waals surface area contributed by atoms with E-state index in [1.165, 1.54) is 12.8 Å². The molecule has 1 fully saturated rings. The van der Waals surface area contributed by atoms with Crippen LogP contribution in [0.25, 0.3) is 0 Å². The number of rotatable bonds is 4. The van der Waals surface area contributed by atoms with Crippen molar-refractivity contribution in [3.05, 3.63) is 21.3 Å². The summed E-state index contributed by atoms with van der Waals surface area (Å²) in [4.78, 5) is 1.07. The molecule has 1 heterocycles. The summed E-state index contributed by atoms with van der Waals surface area (Å²) >= 11 is 7.86. The third-order valence-corrected chi connectivity index (χ3v) is 5.49. The summed E-state index contributed by atoms with van der Waals surface area (Å²) in [6.07, 6.45) is 4.46. The lowest BCUT2D eigenvalue weighted by Gasteiger charge is -2.43. The summed E-state index contributed by atoms with van der Waals surface area (Å²) in [5, 5.41) is 2.79.